The Kier molecular flexibility index (Phi) is 5.83. The number of nitrogens with one attached hydrogen (secondary N) is 1. The molecule has 1 aliphatic rings. The van der Waals surface area contributed by atoms with E-state index in [0.29, 0.717) is 19.6 Å². The summed E-state index contributed by atoms with van der Waals surface area (Å²) in [6.07, 6.45) is 3.06. The number of rotatable bonds is 7. The molecule has 0 spiro atoms. The summed E-state index contributed by atoms with van der Waals surface area (Å²) in [6.45, 7) is 4.10. The third-order valence-corrected chi connectivity index (χ3v) is 3.38. The van der Waals surface area contributed by atoms with Crippen molar-refractivity contribution in [1.82, 2.24) is 4.90 Å². The van der Waals surface area contributed by atoms with E-state index in [4.69, 9.17) is 10.5 Å². The minimum absolute atomic E-state index is 0.0625. The highest BCUT2D eigenvalue weighted by atomic mass is 16.5. The predicted octanol–water partition coefficient (Wildman–Crippen LogP) is 1.45. The molecule has 5 nitrogen and oxygen atoms in total. The van der Waals surface area contributed by atoms with E-state index in [1.807, 2.05) is 24.3 Å². The van der Waals surface area contributed by atoms with E-state index in [0.717, 1.165) is 31.1 Å². The molecule has 1 aromatic rings. The molecule has 1 aromatic carbocycles. The van der Waals surface area contributed by atoms with Gasteiger partial charge in [0, 0.05) is 25.2 Å². The van der Waals surface area contributed by atoms with Crippen molar-refractivity contribution in [3.63, 3.8) is 0 Å². The summed E-state index contributed by atoms with van der Waals surface area (Å²) < 4.78 is 5.39. The van der Waals surface area contributed by atoms with Crippen LogP contribution in [0, 0.1) is 0 Å². The molecule has 2 rings (SSSR count). The van der Waals surface area contributed by atoms with Crippen molar-refractivity contribution in [2.45, 2.75) is 19.3 Å². The molecule has 1 saturated heterocycles. The lowest BCUT2D eigenvalue weighted by Crippen LogP contribution is -2.25. The van der Waals surface area contributed by atoms with Crippen LogP contribution in [-0.4, -0.2) is 43.6 Å². The molecule has 1 aliphatic heterocycles. The van der Waals surface area contributed by atoms with Crippen LogP contribution in [0.2, 0.25) is 0 Å². The number of carbonyl (C=O) groups is 1. The van der Waals surface area contributed by atoms with Crippen LogP contribution in [0.25, 0.3) is 0 Å². The molecule has 0 bridgehead atoms. The van der Waals surface area contributed by atoms with Gasteiger partial charge in [0.25, 0.3) is 0 Å². The van der Waals surface area contributed by atoms with Gasteiger partial charge in [-0.05, 0) is 50.2 Å². The number of hydrogen-bond donors (Lipinski definition) is 2. The zero-order valence-corrected chi connectivity index (χ0v) is 11.8. The second-order valence-corrected chi connectivity index (χ2v) is 5.01. The van der Waals surface area contributed by atoms with Crippen LogP contribution in [-0.2, 0) is 4.79 Å². The lowest BCUT2D eigenvalue weighted by molar-refractivity contribution is -0.116. The van der Waals surface area contributed by atoms with Gasteiger partial charge in [-0.15, -0.1) is 0 Å². The zero-order valence-electron chi connectivity index (χ0n) is 11.8. The topological polar surface area (TPSA) is 67.6 Å². The van der Waals surface area contributed by atoms with Crippen molar-refractivity contribution in [2.24, 2.45) is 5.73 Å². The van der Waals surface area contributed by atoms with E-state index in [-0.39, 0.29) is 5.91 Å². The largest absolute Gasteiger partial charge is 0.492 e. The molecule has 0 atom stereocenters. The van der Waals surface area contributed by atoms with Crippen LogP contribution < -0.4 is 15.8 Å². The fourth-order valence-corrected chi connectivity index (χ4v) is 2.30. The third-order valence-electron chi connectivity index (χ3n) is 3.38. The fraction of sp³-hybridized carbons (Fsp3) is 0.533. The fourth-order valence-electron chi connectivity index (χ4n) is 2.30. The van der Waals surface area contributed by atoms with Gasteiger partial charge in [0.2, 0.25) is 5.91 Å². The maximum absolute atomic E-state index is 11.8. The average molecular weight is 277 g/mol. The Morgan fingerprint density at radius 2 is 1.95 bits per heavy atom. The highest BCUT2D eigenvalue weighted by Gasteiger charge is 2.12. The summed E-state index contributed by atoms with van der Waals surface area (Å²) in [5.41, 5.74) is 6.17. The van der Waals surface area contributed by atoms with Gasteiger partial charge in [-0.2, -0.15) is 0 Å². The number of nitrogens with two attached hydrogens (primary N) is 1. The zero-order chi connectivity index (χ0) is 14.2. The summed E-state index contributed by atoms with van der Waals surface area (Å²) in [7, 11) is 0. The summed E-state index contributed by atoms with van der Waals surface area (Å²) in [5.74, 6) is 0.832. The Labute approximate surface area is 120 Å². The maximum atomic E-state index is 11.8. The normalized spacial score (nSPS) is 15.2. The number of carbonyl (C=O) groups excluding carboxylic acids is 1. The molecular weight excluding hydrogens is 254 g/mol. The monoisotopic (exact) mass is 277 g/mol. The van der Waals surface area contributed by atoms with Gasteiger partial charge in [-0.1, -0.05) is 0 Å². The maximum Gasteiger partial charge on any atom is 0.225 e. The Bertz CT molecular complexity index is 414. The molecule has 1 fully saturated rings. The molecule has 20 heavy (non-hydrogen) atoms. The first-order chi connectivity index (χ1) is 9.78. The van der Waals surface area contributed by atoms with E-state index in [9.17, 15) is 4.79 Å². The van der Waals surface area contributed by atoms with E-state index in [1.54, 1.807) is 0 Å². The molecular formula is C15H23N3O2. The molecule has 0 aliphatic carbocycles. The molecule has 3 N–H and O–H groups in total. The van der Waals surface area contributed by atoms with Crippen LogP contribution in [0.1, 0.15) is 19.3 Å². The van der Waals surface area contributed by atoms with E-state index in [1.165, 1.54) is 12.8 Å². The molecule has 0 saturated carbocycles. The number of ether oxygens (including phenoxy) is 1. The highest BCUT2D eigenvalue weighted by molar-refractivity contribution is 5.90. The Morgan fingerprint density at radius 1 is 1.25 bits per heavy atom. The summed E-state index contributed by atoms with van der Waals surface area (Å²) in [4.78, 5) is 14.2. The van der Waals surface area contributed by atoms with Crippen molar-refractivity contribution in [2.75, 3.05) is 38.1 Å². The van der Waals surface area contributed by atoms with Crippen molar-refractivity contribution in [3.8, 4) is 5.75 Å². The molecule has 0 radical (unpaired) electrons. The first kappa shape index (κ1) is 14.8. The van der Waals surface area contributed by atoms with Crippen molar-refractivity contribution >= 4 is 11.6 Å². The van der Waals surface area contributed by atoms with Crippen LogP contribution in [0.5, 0.6) is 5.75 Å². The number of amides is 1. The van der Waals surface area contributed by atoms with Crippen LogP contribution >= 0.6 is 0 Å². The first-order valence-electron chi connectivity index (χ1n) is 7.23. The molecule has 1 heterocycles. The van der Waals surface area contributed by atoms with Gasteiger partial charge in [0.1, 0.15) is 12.4 Å². The van der Waals surface area contributed by atoms with E-state index in [2.05, 4.69) is 10.2 Å². The highest BCUT2D eigenvalue weighted by Crippen LogP contribution is 2.16. The molecule has 1 amide bonds. The average Bonchev–Trinajstić information content (AvgIpc) is 2.98. The van der Waals surface area contributed by atoms with Crippen LogP contribution in [0.4, 0.5) is 5.69 Å². The van der Waals surface area contributed by atoms with Crippen molar-refractivity contribution in [1.29, 1.82) is 0 Å². The van der Waals surface area contributed by atoms with Gasteiger partial charge in [-0.3, -0.25) is 4.79 Å². The first-order valence-corrected chi connectivity index (χ1v) is 7.23. The predicted molar refractivity (Wildman–Crippen MR) is 79.9 cm³/mol. The van der Waals surface area contributed by atoms with Crippen molar-refractivity contribution < 1.29 is 9.53 Å². The lowest BCUT2D eigenvalue weighted by atomic mass is 10.3. The van der Waals surface area contributed by atoms with E-state index < -0.39 is 0 Å². The summed E-state index contributed by atoms with van der Waals surface area (Å²) in [5, 5.41) is 2.90. The van der Waals surface area contributed by atoms with Crippen LogP contribution in [0.3, 0.4) is 0 Å². The Morgan fingerprint density at radius 3 is 2.60 bits per heavy atom. The molecule has 0 aromatic heterocycles. The van der Waals surface area contributed by atoms with Crippen LogP contribution in [0.15, 0.2) is 24.3 Å². The number of anilines is 1. The summed E-state index contributed by atoms with van der Waals surface area (Å²) in [6, 6.07) is 7.37. The minimum atomic E-state index is 0.0625. The number of nitrogens with zero attached hydrogens (tertiary/aromatic N) is 1. The third kappa shape index (κ3) is 4.83. The molecule has 5 heteroatoms. The second-order valence-electron chi connectivity index (χ2n) is 5.01. The van der Waals surface area contributed by atoms with Gasteiger partial charge in [0.15, 0.2) is 0 Å². The van der Waals surface area contributed by atoms with Gasteiger partial charge in [-0.25, -0.2) is 0 Å². The minimum Gasteiger partial charge on any atom is -0.492 e. The van der Waals surface area contributed by atoms with Gasteiger partial charge < -0.3 is 20.7 Å². The number of likely N-dealkylation sites (tertiary alicyclic amines) is 1. The molecule has 0 unspecified atom stereocenters. The number of hydrogen-bond acceptors (Lipinski definition) is 4. The SMILES string of the molecule is NCCOc1ccc(NC(=O)CCN2CCCC2)cc1. The van der Waals surface area contributed by atoms with Crippen molar-refractivity contribution in [3.05, 3.63) is 24.3 Å². The quantitative estimate of drug-likeness (QED) is 0.791. The second kappa shape index (κ2) is 7.87. The Balaban J connectivity index is 1.72. The standard InChI is InChI=1S/C15H23N3O2/c16-8-12-20-14-5-3-13(4-6-14)17-15(19)7-11-18-9-1-2-10-18/h3-6H,1-2,7-12,16H2,(H,17,19). The van der Waals surface area contributed by atoms with Gasteiger partial charge >= 0.3 is 0 Å². The van der Waals surface area contributed by atoms with Gasteiger partial charge in [0.05, 0.1) is 0 Å². The molecule has 110 valence electrons. The summed E-state index contributed by atoms with van der Waals surface area (Å²) >= 11 is 0. The smallest absolute Gasteiger partial charge is 0.225 e. The Hall–Kier alpha value is -1.59. The number of benzene rings is 1. The van der Waals surface area contributed by atoms with E-state index >= 15 is 0 Å². The lowest BCUT2D eigenvalue weighted by Gasteiger charge is -2.14.